The summed E-state index contributed by atoms with van der Waals surface area (Å²) >= 11 is 5.98. The highest BCUT2D eigenvalue weighted by molar-refractivity contribution is 6.31. The summed E-state index contributed by atoms with van der Waals surface area (Å²) in [6.07, 6.45) is 1.58. The van der Waals surface area contributed by atoms with Gasteiger partial charge in [-0.2, -0.15) is 0 Å². The Kier molecular flexibility index (Phi) is 10.2. The predicted molar refractivity (Wildman–Crippen MR) is 95.9 cm³/mol. The largest absolute Gasteiger partial charge is 0.490 e. The van der Waals surface area contributed by atoms with E-state index in [0.29, 0.717) is 36.1 Å². The third-order valence-corrected chi connectivity index (χ3v) is 3.98. The molecule has 5 nitrogen and oxygen atoms in total. The minimum absolute atomic E-state index is 0. The minimum atomic E-state index is -0.398. The average Bonchev–Trinajstić information content (AvgIpc) is 2.53. The van der Waals surface area contributed by atoms with Crippen LogP contribution in [0.15, 0.2) is 18.2 Å². The van der Waals surface area contributed by atoms with Crippen molar-refractivity contribution in [1.82, 2.24) is 5.32 Å². The standard InChI is InChI=1S/C16H25ClN2O3.ClH/c1-4-16(18,5-2)11-19-15(20)13-10-12(17)6-7-14(13)22-9-8-21-3;/h6-7,10H,4-5,8-9,11,18H2,1-3H3,(H,19,20);1H. The van der Waals surface area contributed by atoms with Crippen LogP contribution >= 0.6 is 24.0 Å². The van der Waals surface area contributed by atoms with Crippen molar-refractivity contribution in [2.24, 2.45) is 5.73 Å². The fourth-order valence-corrected chi connectivity index (χ4v) is 2.06. The Bertz CT molecular complexity index is 494. The van der Waals surface area contributed by atoms with Crippen LogP contribution < -0.4 is 15.8 Å². The molecule has 1 aromatic carbocycles. The molecule has 0 fully saturated rings. The monoisotopic (exact) mass is 364 g/mol. The van der Waals surface area contributed by atoms with Gasteiger partial charge in [-0.1, -0.05) is 25.4 Å². The maximum Gasteiger partial charge on any atom is 0.255 e. The van der Waals surface area contributed by atoms with Crippen LogP contribution in [0.5, 0.6) is 5.75 Å². The summed E-state index contributed by atoms with van der Waals surface area (Å²) in [6, 6.07) is 4.96. The van der Waals surface area contributed by atoms with Gasteiger partial charge >= 0.3 is 0 Å². The number of hydrogen-bond donors (Lipinski definition) is 2. The Labute approximate surface area is 149 Å². The first-order valence-corrected chi connectivity index (χ1v) is 7.82. The molecule has 3 N–H and O–H groups in total. The van der Waals surface area contributed by atoms with Gasteiger partial charge in [0, 0.05) is 24.2 Å². The first-order valence-electron chi connectivity index (χ1n) is 7.44. The third-order valence-electron chi connectivity index (χ3n) is 3.74. The summed E-state index contributed by atoms with van der Waals surface area (Å²) in [5.74, 6) is 0.237. The van der Waals surface area contributed by atoms with E-state index in [1.807, 2.05) is 13.8 Å². The molecule has 0 aliphatic rings. The number of carbonyl (C=O) groups excluding carboxylic acids is 1. The molecule has 0 aliphatic heterocycles. The van der Waals surface area contributed by atoms with Gasteiger partial charge in [0.05, 0.1) is 12.2 Å². The lowest BCUT2D eigenvalue weighted by molar-refractivity contribution is 0.0934. The quantitative estimate of drug-likeness (QED) is 0.660. The summed E-state index contributed by atoms with van der Waals surface area (Å²) in [5.41, 5.74) is 6.20. The van der Waals surface area contributed by atoms with E-state index >= 15 is 0 Å². The lowest BCUT2D eigenvalue weighted by atomic mass is 9.94. The number of ether oxygens (including phenoxy) is 2. The summed E-state index contributed by atoms with van der Waals surface area (Å²) in [6.45, 7) is 5.23. The molecule has 1 aromatic rings. The molecule has 1 amide bonds. The Hall–Kier alpha value is -1.01. The molecule has 23 heavy (non-hydrogen) atoms. The zero-order valence-corrected chi connectivity index (χ0v) is 15.4. The number of rotatable bonds is 9. The van der Waals surface area contributed by atoms with Gasteiger partial charge in [0.1, 0.15) is 12.4 Å². The Morgan fingerprint density at radius 1 is 1.30 bits per heavy atom. The van der Waals surface area contributed by atoms with Crippen molar-refractivity contribution in [3.8, 4) is 5.75 Å². The van der Waals surface area contributed by atoms with Gasteiger partial charge in [-0.05, 0) is 31.0 Å². The molecule has 0 unspecified atom stereocenters. The molecular weight excluding hydrogens is 339 g/mol. The smallest absolute Gasteiger partial charge is 0.255 e. The van der Waals surface area contributed by atoms with Crippen LogP contribution in [0.25, 0.3) is 0 Å². The van der Waals surface area contributed by atoms with Crippen molar-refractivity contribution in [1.29, 1.82) is 0 Å². The normalized spacial score (nSPS) is 10.8. The minimum Gasteiger partial charge on any atom is -0.490 e. The first kappa shape index (κ1) is 22.0. The number of nitrogens with two attached hydrogens (primary N) is 1. The van der Waals surface area contributed by atoms with Crippen molar-refractivity contribution in [3.05, 3.63) is 28.8 Å². The molecule has 0 bridgehead atoms. The van der Waals surface area contributed by atoms with Crippen LogP contribution in [-0.2, 0) is 4.74 Å². The number of halogens is 2. The van der Waals surface area contributed by atoms with Crippen LogP contribution in [-0.4, -0.2) is 38.3 Å². The van der Waals surface area contributed by atoms with Crippen LogP contribution in [0.4, 0.5) is 0 Å². The second kappa shape index (κ2) is 10.7. The fourth-order valence-electron chi connectivity index (χ4n) is 1.89. The second-order valence-corrected chi connectivity index (χ2v) is 5.67. The number of nitrogens with one attached hydrogen (secondary N) is 1. The van der Waals surface area contributed by atoms with Gasteiger partial charge in [0.2, 0.25) is 0 Å². The van der Waals surface area contributed by atoms with E-state index in [1.165, 1.54) is 0 Å². The molecule has 0 radical (unpaired) electrons. The Balaban J connectivity index is 0.00000484. The summed E-state index contributed by atoms with van der Waals surface area (Å²) in [4.78, 5) is 12.4. The highest BCUT2D eigenvalue weighted by atomic mass is 35.5. The van der Waals surface area contributed by atoms with Gasteiger partial charge in [-0.25, -0.2) is 0 Å². The number of hydrogen-bond acceptors (Lipinski definition) is 4. The van der Waals surface area contributed by atoms with Crippen LogP contribution in [0.3, 0.4) is 0 Å². The maximum absolute atomic E-state index is 12.4. The van der Waals surface area contributed by atoms with Crippen molar-refractivity contribution < 1.29 is 14.3 Å². The summed E-state index contributed by atoms with van der Waals surface area (Å²) in [7, 11) is 1.59. The average molecular weight is 365 g/mol. The molecule has 1 rings (SSSR count). The van der Waals surface area contributed by atoms with Gasteiger partial charge in [0.15, 0.2) is 0 Å². The van der Waals surface area contributed by atoms with Crippen molar-refractivity contribution in [2.75, 3.05) is 26.9 Å². The molecule has 0 saturated heterocycles. The van der Waals surface area contributed by atoms with Crippen molar-refractivity contribution >= 4 is 29.9 Å². The first-order chi connectivity index (χ1) is 10.5. The third kappa shape index (κ3) is 6.96. The fraction of sp³-hybridized carbons (Fsp3) is 0.562. The SMILES string of the molecule is CCC(N)(CC)CNC(=O)c1cc(Cl)ccc1OCCOC.Cl. The van der Waals surface area contributed by atoms with Crippen molar-refractivity contribution in [3.63, 3.8) is 0 Å². The molecule has 0 heterocycles. The molecule has 0 aromatic heterocycles. The van der Waals surface area contributed by atoms with E-state index in [2.05, 4.69) is 5.32 Å². The van der Waals surface area contributed by atoms with Crippen LogP contribution in [0.2, 0.25) is 5.02 Å². The van der Waals surface area contributed by atoms with E-state index < -0.39 is 5.54 Å². The van der Waals surface area contributed by atoms with Gasteiger partial charge in [0.25, 0.3) is 5.91 Å². The number of carbonyl (C=O) groups is 1. The van der Waals surface area contributed by atoms with Gasteiger partial charge in [-0.15, -0.1) is 12.4 Å². The second-order valence-electron chi connectivity index (χ2n) is 5.23. The van der Waals surface area contributed by atoms with E-state index in [-0.39, 0.29) is 18.3 Å². The predicted octanol–water partition coefficient (Wildman–Crippen LogP) is 3.03. The maximum atomic E-state index is 12.4. The lowest BCUT2D eigenvalue weighted by Crippen LogP contribution is -2.49. The summed E-state index contributed by atoms with van der Waals surface area (Å²) < 4.78 is 10.5. The van der Waals surface area contributed by atoms with E-state index in [0.717, 1.165) is 12.8 Å². The van der Waals surface area contributed by atoms with Gasteiger partial charge < -0.3 is 20.5 Å². The molecular formula is C16H26Cl2N2O3. The highest BCUT2D eigenvalue weighted by Gasteiger charge is 2.22. The number of methoxy groups -OCH3 is 1. The van der Waals surface area contributed by atoms with E-state index in [9.17, 15) is 4.79 Å². The number of benzene rings is 1. The highest BCUT2D eigenvalue weighted by Crippen LogP contribution is 2.23. The lowest BCUT2D eigenvalue weighted by Gasteiger charge is -2.27. The molecule has 0 aliphatic carbocycles. The topological polar surface area (TPSA) is 73.6 Å². The van der Waals surface area contributed by atoms with E-state index in [4.69, 9.17) is 26.8 Å². The zero-order chi connectivity index (χ0) is 16.6. The molecule has 0 saturated carbocycles. The molecule has 132 valence electrons. The zero-order valence-electron chi connectivity index (χ0n) is 13.9. The Morgan fingerprint density at radius 3 is 2.52 bits per heavy atom. The van der Waals surface area contributed by atoms with Gasteiger partial charge in [-0.3, -0.25) is 4.79 Å². The van der Waals surface area contributed by atoms with Crippen molar-refractivity contribution in [2.45, 2.75) is 32.2 Å². The number of amides is 1. The van der Waals surface area contributed by atoms with Crippen LogP contribution in [0, 0.1) is 0 Å². The molecule has 0 spiro atoms. The van der Waals surface area contributed by atoms with Crippen LogP contribution in [0.1, 0.15) is 37.0 Å². The molecule has 0 atom stereocenters. The summed E-state index contributed by atoms with van der Waals surface area (Å²) in [5, 5.41) is 3.35. The Morgan fingerprint density at radius 2 is 1.96 bits per heavy atom. The van der Waals surface area contributed by atoms with E-state index in [1.54, 1.807) is 25.3 Å². The molecule has 7 heteroatoms.